The number of ether oxygens (including phenoxy) is 1. The summed E-state index contributed by atoms with van der Waals surface area (Å²) in [6.45, 7) is 2.54. The smallest absolute Gasteiger partial charge is 0.119 e. The van der Waals surface area contributed by atoms with Gasteiger partial charge in [-0.25, -0.2) is 0 Å². The van der Waals surface area contributed by atoms with Gasteiger partial charge in [-0.2, -0.15) is 0 Å². The Morgan fingerprint density at radius 1 is 1.39 bits per heavy atom. The molecule has 1 rings (SSSR count). The maximum Gasteiger partial charge on any atom is 0.119 e. The molecular formula is C14H24N2O2. The van der Waals surface area contributed by atoms with Gasteiger partial charge in [-0.15, -0.1) is 0 Å². The minimum atomic E-state index is -0.487. The average molecular weight is 252 g/mol. The lowest BCUT2D eigenvalue weighted by molar-refractivity contribution is 0.174. The largest absolute Gasteiger partial charge is 0.497 e. The second kappa shape index (κ2) is 8.08. The molecule has 102 valence electrons. The number of rotatable bonds is 8. The maximum atomic E-state index is 10.0. The molecule has 1 aromatic rings. The molecule has 1 atom stereocenters. The van der Waals surface area contributed by atoms with Crippen LogP contribution in [0.25, 0.3) is 0 Å². The van der Waals surface area contributed by atoms with Crippen LogP contribution in [0.5, 0.6) is 5.75 Å². The Hall–Kier alpha value is -1.10. The van der Waals surface area contributed by atoms with E-state index < -0.39 is 6.10 Å². The molecule has 0 saturated heterocycles. The molecule has 1 aromatic carbocycles. The fourth-order valence-electron chi connectivity index (χ4n) is 1.73. The third-order valence-corrected chi connectivity index (χ3v) is 2.78. The molecule has 0 amide bonds. The standard InChI is InChI=1S/C14H24N2O2/c1-16(2)9-5-8-15-11-14(17)12-6-4-7-13(10-12)18-3/h4,6-7,10,14-15,17H,5,8-9,11H2,1-3H3. The first-order valence-corrected chi connectivity index (χ1v) is 6.31. The van der Waals surface area contributed by atoms with Crippen LogP contribution in [0.4, 0.5) is 0 Å². The fraction of sp³-hybridized carbons (Fsp3) is 0.571. The van der Waals surface area contributed by atoms with Crippen molar-refractivity contribution in [3.05, 3.63) is 29.8 Å². The van der Waals surface area contributed by atoms with Gasteiger partial charge >= 0.3 is 0 Å². The Morgan fingerprint density at radius 2 is 2.17 bits per heavy atom. The van der Waals surface area contributed by atoms with Crippen molar-refractivity contribution >= 4 is 0 Å². The summed E-state index contributed by atoms with van der Waals surface area (Å²) in [5.74, 6) is 0.777. The molecular weight excluding hydrogens is 228 g/mol. The molecule has 0 aliphatic heterocycles. The van der Waals surface area contributed by atoms with Gasteiger partial charge in [0, 0.05) is 6.54 Å². The molecule has 0 radical (unpaired) electrons. The van der Waals surface area contributed by atoms with Crippen molar-refractivity contribution in [1.82, 2.24) is 10.2 Å². The third-order valence-electron chi connectivity index (χ3n) is 2.78. The average Bonchev–Trinajstić information content (AvgIpc) is 2.37. The molecule has 0 aromatic heterocycles. The summed E-state index contributed by atoms with van der Waals surface area (Å²) < 4.78 is 5.14. The van der Waals surface area contributed by atoms with E-state index in [1.165, 1.54) is 0 Å². The van der Waals surface area contributed by atoms with Crippen LogP contribution in [0.15, 0.2) is 24.3 Å². The molecule has 0 spiro atoms. The van der Waals surface area contributed by atoms with Crippen molar-refractivity contribution in [3.63, 3.8) is 0 Å². The molecule has 0 fully saturated rings. The molecule has 0 heterocycles. The van der Waals surface area contributed by atoms with Gasteiger partial charge in [0.15, 0.2) is 0 Å². The highest BCUT2D eigenvalue weighted by atomic mass is 16.5. The van der Waals surface area contributed by atoms with Gasteiger partial charge in [0.1, 0.15) is 5.75 Å². The molecule has 2 N–H and O–H groups in total. The number of methoxy groups -OCH3 is 1. The Kier molecular flexibility index (Phi) is 6.72. The number of aliphatic hydroxyl groups is 1. The van der Waals surface area contributed by atoms with E-state index in [2.05, 4.69) is 24.3 Å². The first-order chi connectivity index (χ1) is 8.63. The van der Waals surface area contributed by atoms with Crippen molar-refractivity contribution in [3.8, 4) is 5.75 Å². The highest BCUT2D eigenvalue weighted by Crippen LogP contribution is 2.18. The zero-order chi connectivity index (χ0) is 13.4. The highest BCUT2D eigenvalue weighted by molar-refractivity contribution is 5.29. The van der Waals surface area contributed by atoms with Crippen molar-refractivity contribution in [1.29, 1.82) is 0 Å². The highest BCUT2D eigenvalue weighted by Gasteiger charge is 2.07. The second-order valence-corrected chi connectivity index (χ2v) is 4.65. The van der Waals surface area contributed by atoms with E-state index >= 15 is 0 Å². The number of benzene rings is 1. The van der Waals surface area contributed by atoms with E-state index in [4.69, 9.17) is 4.74 Å². The summed E-state index contributed by atoms with van der Waals surface area (Å²) in [5, 5.41) is 13.3. The minimum absolute atomic E-state index is 0.487. The molecule has 0 bridgehead atoms. The number of hydrogen-bond donors (Lipinski definition) is 2. The Morgan fingerprint density at radius 3 is 2.83 bits per heavy atom. The third kappa shape index (κ3) is 5.49. The van der Waals surface area contributed by atoms with E-state index in [0.717, 1.165) is 30.8 Å². The summed E-state index contributed by atoms with van der Waals surface area (Å²) >= 11 is 0. The molecule has 4 nitrogen and oxygen atoms in total. The van der Waals surface area contributed by atoms with Gasteiger partial charge in [0.25, 0.3) is 0 Å². The number of nitrogens with one attached hydrogen (secondary N) is 1. The van der Waals surface area contributed by atoms with Crippen molar-refractivity contribution in [2.75, 3.05) is 40.8 Å². The SMILES string of the molecule is COc1cccc(C(O)CNCCCN(C)C)c1. The van der Waals surface area contributed by atoms with E-state index in [9.17, 15) is 5.11 Å². The van der Waals surface area contributed by atoms with Gasteiger partial charge in [-0.3, -0.25) is 0 Å². The zero-order valence-electron chi connectivity index (χ0n) is 11.5. The number of nitrogens with zero attached hydrogens (tertiary/aromatic N) is 1. The van der Waals surface area contributed by atoms with Crippen LogP contribution in [0, 0.1) is 0 Å². The van der Waals surface area contributed by atoms with Gasteiger partial charge in [-0.1, -0.05) is 12.1 Å². The van der Waals surface area contributed by atoms with Crippen LogP contribution in [0.1, 0.15) is 18.1 Å². The maximum absolute atomic E-state index is 10.0. The normalized spacial score (nSPS) is 12.7. The van der Waals surface area contributed by atoms with E-state index in [1.54, 1.807) is 7.11 Å². The topological polar surface area (TPSA) is 44.7 Å². The van der Waals surface area contributed by atoms with Crippen LogP contribution < -0.4 is 10.1 Å². The molecule has 4 heteroatoms. The summed E-state index contributed by atoms with van der Waals surface area (Å²) in [7, 11) is 5.75. The van der Waals surface area contributed by atoms with Gasteiger partial charge in [0.05, 0.1) is 13.2 Å². The number of hydrogen-bond acceptors (Lipinski definition) is 4. The van der Waals surface area contributed by atoms with E-state index in [-0.39, 0.29) is 0 Å². The van der Waals surface area contributed by atoms with Crippen LogP contribution in [0.2, 0.25) is 0 Å². The molecule has 1 unspecified atom stereocenters. The van der Waals surface area contributed by atoms with Gasteiger partial charge < -0.3 is 20.1 Å². The van der Waals surface area contributed by atoms with Gasteiger partial charge in [-0.05, 0) is 51.3 Å². The first-order valence-electron chi connectivity index (χ1n) is 6.31. The van der Waals surface area contributed by atoms with Gasteiger partial charge in [0.2, 0.25) is 0 Å². The summed E-state index contributed by atoms with van der Waals surface area (Å²) in [6, 6.07) is 7.55. The van der Waals surface area contributed by atoms with Crippen LogP contribution in [0.3, 0.4) is 0 Å². The fourth-order valence-corrected chi connectivity index (χ4v) is 1.73. The predicted octanol–water partition coefficient (Wildman–Crippen LogP) is 1.27. The summed E-state index contributed by atoms with van der Waals surface area (Å²) in [5.41, 5.74) is 0.884. The Labute approximate surface area is 110 Å². The molecule has 0 saturated carbocycles. The lowest BCUT2D eigenvalue weighted by atomic mass is 10.1. The van der Waals surface area contributed by atoms with E-state index in [0.29, 0.717) is 6.54 Å². The van der Waals surface area contributed by atoms with Crippen molar-refractivity contribution in [2.24, 2.45) is 0 Å². The summed E-state index contributed by atoms with van der Waals surface area (Å²) in [6.07, 6.45) is 0.595. The molecule has 0 aliphatic rings. The quantitative estimate of drug-likeness (QED) is 0.684. The Balaban J connectivity index is 2.29. The zero-order valence-corrected chi connectivity index (χ0v) is 11.5. The second-order valence-electron chi connectivity index (χ2n) is 4.65. The lowest BCUT2D eigenvalue weighted by Crippen LogP contribution is -2.25. The first kappa shape index (κ1) is 15.0. The monoisotopic (exact) mass is 252 g/mol. The van der Waals surface area contributed by atoms with E-state index in [1.807, 2.05) is 24.3 Å². The molecule has 0 aliphatic carbocycles. The van der Waals surface area contributed by atoms with Crippen molar-refractivity contribution in [2.45, 2.75) is 12.5 Å². The lowest BCUT2D eigenvalue weighted by Gasteiger charge is -2.14. The predicted molar refractivity (Wildman–Crippen MR) is 74.0 cm³/mol. The number of aliphatic hydroxyl groups excluding tert-OH is 1. The molecule has 18 heavy (non-hydrogen) atoms. The summed E-state index contributed by atoms with van der Waals surface area (Å²) in [4.78, 5) is 2.15. The van der Waals surface area contributed by atoms with Crippen molar-refractivity contribution < 1.29 is 9.84 Å². The minimum Gasteiger partial charge on any atom is -0.497 e. The van der Waals surface area contributed by atoms with Crippen LogP contribution >= 0.6 is 0 Å². The Bertz CT molecular complexity index is 342. The van der Waals surface area contributed by atoms with Crippen LogP contribution in [-0.4, -0.2) is 50.8 Å². The van der Waals surface area contributed by atoms with Crippen LogP contribution in [-0.2, 0) is 0 Å².